The molecule has 36 heavy (non-hydrogen) atoms. The van der Waals surface area contributed by atoms with Crippen molar-refractivity contribution in [3.63, 3.8) is 0 Å². The number of hydrogen-bond acceptors (Lipinski definition) is 5. The summed E-state index contributed by atoms with van der Waals surface area (Å²) in [6.07, 6.45) is 2.36. The van der Waals surface area contributed by atoms with Crippen LogP contribution in [0.25, 0.3) is 22.4 Å². The van der Waals surface area contributed by atoms with Crippen LogP contribution in [-0.4, -0.2) is 35.3 Å². The van der Waals surface area contributed by atoms with Crippen LogP contribution in [0.4, 0.5) is 0 Å². The van der Waals surface area contributed by atoms with Gasteiger partial charge in [0.15, 0.2) is 10.9 Å². The number of aryl methyl sites for hydroxylation is 3. The molecule has 0 unspecified atom stereocenters. The predicted molar refractivity (Wildman–Crippen MR) is 143 cm³/mol. The first-order valence-corrected chi connectivity index (χ1v) is 13.1. The topological polar surface area (TPSA) is 74.2 Å². The number of carbonyl (C=O) groups excluding carboxylic acids is 1. The number of nitrogens with zero attached hydrogens (tertiary/aromatic N) is 5. The SMILES string of the molecule is Cc1ccc(-n2c(=O)c3ccccc3n3c(SCC(=O)c4cc(C)n(C5CC5)c4C)nnc23)c(C)c1. The van der Waals surface area contributed by atoms with E-state index in [1.807, 2.05) is 67.6 Å². The molecule has 1 fully saturated rings. The van der Waals surface area contributed by atoms with Crippen LogP contribution in [0.5, 0.6) is 0 Å². The van der Waals surface area contributed by atoms with Gasteiger partial charge in [-0.15, -0.1) is 10.2 Å². The molecule has 1 aliphatic carbocycles. The normalized spacial score (nSPS) is 13.7. The van der Waals surface area contributed by atoms with E-state index in [1.165, 1.54) is 24.6 Å². The Morgan fingerprint density at radius 2 is 1.81 bits per heavy atom. The Balaban J connectivity index is 1.44. The minimum atomic E-state index is -0.141. The maximum absolute atomic E-state index is 13.6. The molecular weight excluding hydrogens is 470 g/mol. The Bertz CT molecular complexity index is 1740. The molecule has 7 nitrogen and oxygen atoms in total. The summed E-state index contributed by atoms with van der Waals surface area (Å²) in [6.45, 7) is 8.12. The largest absolute Gasteiger partial charge is 0.345 e. The van der Waals surface area contributed by atoms with Gasteiger partial charge in [-0.05, 0) is 70.4 Å². The van der Waals surface area contributed by atoms with E-state index >= 15 is 0 Å². The average Bonchev–Trinajstić information content (AvgIpc) is 3.52. The van der Waals surface area contributed by atoms with Gasteiger partial charge in [0.2, 0.25) is 5.78 Å². The number of hydrogen-bond donors (Lipinski definition) is 0. The number of thioether (sulfide) groups is 1. The number of Topliss-reactive ketones (excluding diaryl/α,β-unsaturated/α-hetero) is 1. The minimum Gasteiger partial charge on any atom is -0.345 e. The van der Waals surface area contributed by atoms with Crippen LogP contribution >= 0.6 is 11.8 Å². The van der Waals surface area contributed by atoms with Crippen LogP contribution in [0, 0.1) is 27.7 Å². The zero-order valence-electron chi connectivity index (χ0n) is 20.8. The van der Waals surface area contributed by atoms with E-state index in [9.17, 15) is 9.59 Å². The Morgan fingerprint density at radius 3 is 2.56 bits per heavy atom. The molecule has 8 heteroatoms. The molecule has 0 spiro atoms. The van der Waals surface area contributed by atoms with Gasteiger partial charge in [0.05, 0.1) is 22.3 Å². The number of para-hydroxylation sites is 1. The van der Waals surface area contributed by atoms with E-state index in [2.05, 4.69) is 27.8 Å². The summed E-state index contributed by atoms with van der Waals surface area (Å²) in [4.78, 5) is 26.8. The van der Waals surface area contributed by atoms with Crippen molar-refractivity contribution in [3.8, 4) is 5.69 Å². The molecule has 0 saturated heterocycles. The summed E-state index contributed by atoms with van der Waals surface area (Å²) >= 11 is 1.35. The Labute approximate surface area is 212 Å². The summed E-state index contributed by atoms with van der Waals surface area (Å²) in [5.74, 6) is 0.753. The van der Waals surface area contributed by atoms with Gasteiger partial charge in [0.25, 0.3) is 5.56 Å². The first-order valence-electron chi connectivity index (χ1n) is 12.2. The highest BCUT2D eigenvalue weighted by Crippen LogP contribution is 2.38. The zero-order chi connectivity index (χ0) is 25.1. The third-order valence-corrected chi connectivity index (χ3v) is 7.95. The Morgan fingerprint density at radius 1 is 1.03 bits per heavy atom. The molecule has 2 aromatic carbocycles. The molecule has 3 heterocycles. The summed E-state index contributed by atoms with van der Waals surface area (Å²) in [6, 6.07) is 16.0. The van der Waals surface area contributed by atoms with Gasteiger partial charge < -0.3 is 4.57 Å². The number of aromatic nitrogens is 5. The lowest BCUT2D eigenvalue weighted by atomic mass is 10.1. The minimum absolute atomic E-state index is 0.0729. The van der Waals surface area contributed by atoms with Gasteiger partial charge in [-0.1, -0.05) is 41.6 Å². The maximum Gasteiger partial charge on any atom is 0.267 e. The summed E-state index contributed by atoms with van der Waals surface area (Å²) in [5.41, 5.74) is 6.42. The van der Waals surface area contributed by atoms with Gasteiger partial charge in [0, 0.05) is 23.0 Å². The lowest BCUT2D eigenvalue weighted by Crippen LogP contribution is -2.22. The molecule has 6 rings (SSSR count). The lowest BCUT2D eigenvalue weighted by Gasteiger charge is -2.13. The van der Waals surface area contributed by atoms with Gasteiger partial charge in [-0.2, -0.15) is 0 Å². The third kappa shape index (κ3) is 3.59. The molecule has 182 valence electrons. The van der Waals surface area contributed by atoms with E-state index in [0.29, 0.717) is 22.4 Å². The molecule has 0 radical (unpaired) electrons. The number of fused-ring (bicyclic) bond motifs is 3. The Hall–Kier alpha value is -3.65. The van der Waals surface area contributed by atoms with E-state index in [1.54, 1.807) is 4.57 Å². The monoisotopic (exact) mass is 497 g/mol. The van der Waals surface area contributed by atoms with E-state index in [-0.39, 0.29) is 17.1 Å². The molecular formula is C28H27N5O2S. The van der Waals surface area contributed by atoms with Crippen LogP contribution in [0.2, 0.25) is 0 Å². The van der Waals surface area contributed by atoms with Crippen LogP contribution in [0.1, 0.15) is 51.8 Å². The van der Waals surface area contributed by atoms with Crippen LogP contribution in [0.15, 0.2) is 58.5 Å². The smallest absolute Gasteiger partial charge is 0.267 e. The van der Waals surface area contributed by atoms with Crippen LogP contribution in [-0.2, 0) is 0 Å². The maximum atomic E-state index is 13.6. The van der Waals surface area contributed by atoms with Crippen molar-refractivity contribution >= 4 is 34.2 Å². The fraction of sp³-hybridized carbons (Fsp3) is 0.286. The first kappa shape index (κ1) is 22.8. The van der Waals surface area contributed by atoms with Crippen molar-refractivity contribution in [3.05, 3.63) is 87.0 Å². The van der Waals surface area contributed by atoms with Crippen molar-refractivity contribution in [2.45, 2.75) is 51.7 Å². The predicted octanol–water partition coefficient (Wildman–Crippen LogP) is 5.38. The number of ketones is 1. The third-order valence-electron chi connectivity index (χ3n) is 7.02. The lowest BCUT2D eigenvalue weighted by molar-refractivity contribution is 0.102. The molecule has 1 saturated carbocycles. The highest BCUT2D eigenvalue weighted by Gasteiger charge is 2.28. The van der Waals surface area contributed by atoms with Crippen molar-refractivity contribution in [1.82, 2.24) is 23.7 Å². The second kappa shape index (κ2) is 8.48. The summed E-state index contributed by atoms with van der Waals surface area (Å²) in [5, 5.41) is 10.0. The second-order valence-corrected chi connectivity index (χ2v) is 10.6. The summed E-state index contributed by atoms with van der Waals surface area (Å²) < 4.78 is 5.81. The molecule has 3 aromatic heterocycles. The standard InChI is InChI=1S/C28H27N5O2S/c1-16-9-12-23(17(2)13-16)32-26(35)21-7-5-6-8-24(21)33-27(32)29-30-28(33)36-15-25(34)22-14-18(3)31(19(22)4)20-10-11-20/h5-9,12-14,20H,10-11,15H2,1-4H3. The molecule has 0 bridgehead atoms. The number of rotatable bonds is 6. The van der Waals surface area contributed by atoms with Crippen molar-refractivity contribution < 1.29 is 4.79 Å². The summed E-state index contributed by atoms with van der Waals surface area (Å²) in [7, 11) is 0. The van der Waals surface area contributed by atoms with Gasteiger partial charge in [-0.3, -0.25) is 14.0 Å². The van der Waals surface area contributed by atoms with Crippen LogP contribution in [0.3, 0.4) is 0 Å². The van der Waals surface area contributed by atoms with E-state index < -0.39 is 0 Å². The second-order valence-electron chi connectivity index (χ2n) is 9.66. The number of carbonyl (C=O) groups is 1. The molecule has 0 atom stereocenters. The molecule has 5 aromatic rings. The van der Waals surface area contributed by atoms with Gasteiger partial charge >= 0.3 is 0 Å². The van der Waals surface area contributed by atoms with Gasteiger partial charge in [0.1, 0.15) is 0 Å². The van der Waals surface area contributed by atoms with E-state index in [4.69, 9.17) is 0 Å². The fourth-order valence-corrected chi connectivity index (χ4v) is 6.03. The quantitative estimate of drug-likeness (QED) is 0.233. The average molecular weight is 498 g/mol. The molecule has 0 aliphatic heterocycles. The Kier molecular flexibility index (Phi) is 5.37. The molecule has 0 amide bonds. The fourth-order valence-electron chi connectivity index (χ4n) is 5.21. The molecule has 1 aliphatic rings. The first-order chi connectivity index (χ1) is 17.3. The number of benzene rings is 2. The highest BCUT2D eigenvalue weighted by atomic mass is 32.2. The zero-order valence-corrected chi connectivity index (χ0v) is 21.6. The molecule has 0 N–H and O–H groups in total. The van der Waals surface area contributed by atoms with Crippen molar-refractivity contribution in [1.29, 1.82) is 0 Å². The van der Waals surface area contributed by atoms with Gasteiger partial charge in [-0.25, -0.2) is 4.57 Å². The van der Waals surface area contributed by atoms with Crippen molar-refractivity contribution in [2.24, 2.45) is 0 Å². The van der Waals surface area contributed by atoms with E-state index in [0.717, 1.165) is 39.3 Å². The van der Waals surface area contributed by atoms with Crippen LogP contribution < -0.4 is 5.56 Å². The highest BCUT2D eigenvalue weighted by molar-refractivity contribution is 7.99. The van der Waals surface area contributed by atoms with Crippen molar-refractivity contribution in [2.75, 3.05) is 5.75 Å².